The quantitative estimate of drug-likeness (QED) is 0.744. The van der Waals surface area contributed by atoms with E-state index in [9.17, 15) is 13.2 Å². The van der Waals surface area contributed by atoms with Gasteiger partial charge in [0.25, 0.3) is 0 Å². The van der Waals surface area contributed by atoms with Crippen LogP contribution in [-0.2, 0) is 21.8 Å². The largest absolute Gasteiger partial charge is 0.461 e. The van der Waals surface area contributed by atoms with Crippen LogP contribution in [0, 0.1) is 6.92 Å². The Labute approximate surface area is 97.9 Å². The molecule has 0 bridgehead atoms. The number of hydrogen-bond acceptors (Lipinski definition) is 2. The molecule has 0 N–H and O–H groups in total. The number of halogens is 3. The van der Waals surface area contributed by atoms with Crippen molar-refractivity contribution < 1.29 is 22.5 Å². The molecule has 0 atom stereocenters. The van der Waals surface area contributed by atoms with Gasteiger partial charge < -0.3 is 9.31 Å². The zero-order valence-electron chi connectivity index (χ0n) is 9.38. The van der Waals surface area contributed by atoms with Crippen LogP contribution in [0.3, 0.4) is 0 Å². The van der Waals surface area contributed by atoms with Crippen molar-refractivity contribution >= 4 is 7.12 Å². The van der Waals surface area contributed by atoms with Gasteiger partial charge in [-0.05, 0) is 18.6 Å². The molecule has 0 aromatic heterocycles. The first kappa shape index (κ1) is 12.5. The average Bonchev–Trinajstić information content (AvgIpc) is 2.72. The molecule has 0 amide bonds. The number of rotatable bonds is 2. The lowest BCUT2D eigenvalue weighted by molar-refractivity contribution is -0.138. The van der Waals surface area contributed by atoms with Crippen molar-refractivity contribution in [3.63, 3.8) is 0 Å². The normalized spacial score (nSPS) is 16.6. The smallest absolute Gasteiger partial charge is 0.409 e. The Balaban J connectivity index is 2.25. The summed E-state index contributed by atoms with van der Waals surface area (Å²) in [7, 11) is -0.557. The van der Waals surface area contributed by atoms with E-state index < -0.39 is 18.9 Å². The fourth-order valence-electron chi connectivity index (χ4n) is 1.84. The van der Waals surface area contributed by atoms with Gasteiger partial charge in [0, 0.05) is 6.32 Å². The molecule has 0 unspecified atom stereocenters. The SMILES string of the molecule is Cc1ccc(CB2OCCO2)c(C(F)(F)F)c1. The van der Waals surface area contributed by atoms with Gasteiger partial charge in [-0.15, -0.1) is 0 Å². The van der Waals surface area contributed by atoms with Crippen molar-refractivity contribution in [1.82, 2.24) is 0 Å². The molecule has 17 heavy (non-hydrogen) atoms. The van der Waals surface area contributed by atoms with Gasteiger partial charge in [-0.25, -0.2) is 0 Å². The third-order valence-corrected chi connectivity index (χ3v) is 2.65. The van der Waals surface area contributed by atoms with Gasteiger partial charge in [-0.2, -0.15) is 13.2 Å². The summed E-state index contributed by atoms with van der Waals surface area (Å²) in [6.45, 7) is 2.53. The predicted molar refractivity (Wildman–Crippen MR) is 57.5 cm³/mol. The zero-order chi connectivity index (χ0) is 12.5. The first-order valence-corrected chi connectivity index (χ1v) is 5.37. The van der Waals surface area contributed by atoms with E-state index in [-0.39, 0.29) is 11.9 Å². The van der Waals surface area contributed by atoms with Crippen molar-refractivity contribution in [3.8, 4) is 0 Å². The summed E-state index contributed by atoms with van der Waals surface area (Å²) in [5.41, 5.74) is 0.209. The Hall–Kier alpha value is -1.01. The molecule has 6 heteroatoms. The summed E-state index contributed by atoms with van der Waals surface area (Å²) >= 11 is 0. The second kappa shape index (κ2) is 4.70. The summed E-state index contributed by atoms with van der Waals surface area (Å²) in [4.78, 5) is 0. The topological polar surface area (TPSA) is 18.5 Å². The predicted octanol–water partition coefficient (Wildman–Crippen LogP) is 2.63. The fourth-order valence-corrected chi connectivity index (χ4v) is 1.84. The third-order valence-electron chi connectivity index (χ3n) is 2.65. The maximum Gasteiger partial charge on any atom is 0.461 e. The van der Waals surface area contributed by atoms with Crippen molar-refractivity contribution in [2.45, 2.75) is 19.4 Å². The Morgan fingerprint density at radius 2 is 1.88 bits per heavy atom. The second-order valence-electron chi connectivity index (χ2n) is 4.03. The highest BCUT2D eigenvalue weighted by Crippen LogP contribution is 2.33. The summed E-state index contributed by atoms with van der Waals surface area (Å²) in [6, 6.07) is 4.31. The highest BCUT2D eigenvalue weighted by Gasteiger charge is 2.35. The molecule has 0 spiro atoms. The van der Waals surface area contributed by atoms with Gasteiger partial charge in [0.05, 0.1) is 18.8 Å². The Morgan fingerprint density at radius 3 is 2.47 bits per heavy atom. The molecule has 0 saturated carbocycles. The first-order valence-electron chi connectivity index (χ1n) is 5.37. The van der Waals surface area contributed by atoms with Crippen molar-refractivity contribution in [2.24, 2.45) is 0 Å². The minimum absolute atomic E-state index is 0.134. The molecule has 2 nitrogen and oxygen atoms in total. The van der Waals surface area contributed by atoms with Crippen LogP contribution < -0.4 is 0 Å². The van der Waals surface area contributed by atoms with Gasteiger partial charge in [-0.1, -0.05) is 17.7 Å². The van der Waals surface area contributed by atoms with Crippen LogP contribution in [0.25, 0.3) is 0 Å². The van der Waals surface area contributed by atoms with Gasteiger partial charge in [-0.3, -0.25) is 0 Å². The second-order valence-corrected chi connectivity index (χ2v) is 4.03. The van der Waals surface area contributed by atoms with Crippen molar-refractivity contribution in [1.29, 1.82) is 0 Å². The summed E-state index contributed by atoms with van der Waals surface area (Å²) in [5, 5.41) is 0. The highest BCUT2D eigenvalue weighted by molar-refractivity contribution is 6.44. The van der Waals surface area contributed by atoms with E-state index in [0.29, 0.717) is 18.8 Å². The summed E-state index contributed by atoms with van der Waals surface area (Å²) in [6.07, 6.45) is -4.20. The van der Waals surface area contributed by atoms with Crippen LogP contribution in [0.1, 0.15) is 16.7 Å². The molecule has 1 fully saturated rings. The van der Waals surface area contributed by atoms with E-state index in [0.717, 1.165) is 6.07 Å². The van der Waals surface area contributed by atoms with E-state index in [1.54, 1.807) is 13.0 Å². The minimum Gasteiger partial charge on any atom is -0.409 e. The molecule has 1 aliphatic rings. The van der Waals surface area contributed by atoms with Crippen LogP contribution in [-0.4, -0.2) is 20.3 Å². The van der Waals surface area contributed by atoms with Crippen molar-refractivity contribution in [2.75, 3.05) is 13.2 Å². The molecule has 0 aliphatic carbocycles. The lowest BCUT2D eigenvalue weighted by atomic mass is 9.79. The minimum atomic E-state index is -4.33. The standard InChI is InChI=1S/C11H12BF3O2/c1-8-2-3-9(7-12-16-4-5-17-12)10(6-8)11(13,14)15/h2-3,6H,4-5,7H2,1H3. The number of alkyl halides is 3. The summed E-state index contributed by atoms with van der Waals surface area (Å²) < 4.78 is 48.8. The average molecular weight is 244 g/mol. The molecule has 1 aromatic carbocycles. The first-order chi connectivity index (χ1) is 7.97. The van der Waals surface area contributed by atoms with E-state index in [4.69, 9.17) is 9.31 Å². The van der Waals surface area contributed by atoms with Gasteiger partial charge >= 0.3 is 13.3 Å². The zero-order valence-corrected chi connectivity index (χ0v) is 9.38. The fraction of sp³-hybridized carbons (Fsp3) is 0.455. The van der Waals surface area contributed by atoms with Crippen LogP contribution in [0.5, 0.6) is 0 Å². The molecule has 1 saturated heterocycles. The van der Waals surface area contributed by atoms with Gasteiger partial charge in [0.2, 0.25) is 0 Å². The molecular formula is C11H12BF3O2. The van der Waals surface area contributed by atoms with Crippen LogP contribution in [0.15, 0.2) is 18.2 Å². The van der Waals surface area contributed by atoms with Gasteiger partial charge in [0.1, 0.15) is 0 Å². The molecule has 1 aromatic rings. The molecule has 1 aliphatic heterocycles. The summed E-state index contributed by atoms with van der Waals surface area (Å²) in [5.74, 6) is 0. The highest BCUT2D eigenvalue weighted by atomic mass is 19.4. The Bertz CT molecular complexity index is 400. The lowest BCUT2D eigenvalue weighted by Gasteiger charge is -2.14. The maximum absolute atomic E-state index is 12.8. The Morgan fingerprint density at radius 1 is 1.24 bits per heavy atom. The van der Waals surface area contributed by atoms with Crippen molar-refractivity contribution in [3.05, 3.63) is 34.9 Å². The van der Waals surface area contributed by atoms with E-state index in [2.05, 4.69) is 0 Å². The molecule has 92 valence electrons. The molecular weight excluding hydrogens is 232 g/mol. The van der Waals surface area contributed by atoms with Crippen LogP contribution >= 0.6 is 0 Å². The number of aryl methyl sites for hydroxylation is 1. The molecule has 2 rings (SSSR count). The Kier molecular flexibility index (Phi) is 3.44. The van der Waals surface area contributed by atoms with E-state index >= 15 is 0 Å². The van der Waals surface area contributed by atoms with E-state index in [1.807, 2.05) is 0 Å². The molecule has 0 radical (unpaired) electrons. The van der Waals surface area contributed by atoms with Crippen LogP contribution in [0.4, 0.5) is 13.2 Å². The third kappa shape index (κ3) is 3.01. The maximum atomic E-state index is 12.8. The molecule has 1 heterocycles. The van der Waals surface area contributed by atoms with Gasteiger partial charge in [0.15, 0.2) is 0 Å². The van der Waals surface area contributed by atoms with E-state index in [1.165, 1.54) is 6.07 Å². The number of benzene rings is 1. The monoisotopic (exact) mass is 244 g/mol. The lowest BCUT2D eigenvalue weighted by Crippen LogP contribution is -2.21. The van der Waals surface area contributed by atoms with Crippen LogP contribution in [0.2, 0.25) is 0 Å². The number of hydrogen-bond donors (Lipinski definition) is 0.